The maximum Gasteiger partial charge on any atom is 0.295 e. The fourth-order valence-corrected chi connectivity index (χ4v) is 5.17. The number of amides is 2. The van der Waals surface area contributed by atoms with Crippen LogP contribution >= 0.6 is 0 Å². The standard InChI is InChI=1S/C32H40N2O4/c1-20-12-17-26(21(2)18-20)34(31(36)29-22(3)19-27(38-29)32(4,5)6)28(23-13-15-25(37-7)16-14-23)30(35)33-24-10-8-9-11-24/h12-19,24,28H,8-11H2,1-7H3,(H,33,35). The minimum Gasteiger partial charge on any atom is -0.497 e. The largest absolute Gasteiger partial charge is 0.497 e. The highest BCUT2D eigenvalue weighted by Crippen LogP contribution is 2.36. The quantitative estimate of drug-likeness (QED) is 0.369. The van der Waals surface area contributed by atoms with E-state index in [1.807, 2.05) is 69.3 Å². The van der Waals surface area contributed by atoms with E-state index in [0.29, 0.717) is 17.0 Å². The second-order valence-electron chi connectivity index (χ2n) is 11.5. The number of rotatable bonds is 7. The summed E-state index contributed by atoms with van der Waals surface area (Å²) >= 11 is 0. The number of anilines is 1. The fourth-order valence-electron chi connectivity index (χ4n) is 5.17. The first-order chi connectivity index (χ1) is 18.0. The number of benzene rings is 2. The number of nitrogens with one attached hydrogen (secondary N) is 1. The highest BCUT2D eigenvalue weighted by atomic mass is 16.5. The van der Waals surface area contributed by atoms with Crippen molar-refractivity contribution in [1.29, 1.82) is 0 Å². The van der Waals surface area contributed by atoms with E-state index < -0.39 is 6.04 Å². The Balaban J connectivity index is 1.88. The van der Waals surface area contributed by atoms with E-state index in [2.05, 4.69) is 26.1 Å². The number of furan rings is 1. The Morgan fingerprint density at radius 2 is 1.63 bits per heavy atom. The summed E-state index contributed by atoms with van der Waals surface area (Å²) in [5.74, 6) is 1.13. The molecule has 1 atom stereocenters. The molecular weight excluding hydrogens is 476 g/mol. The van der Waals surface area contributed by atoms with E-state index >= 15 is 0 Å². The van der Waals surface area contributed by atoms with Crippen LogP contribution in [0.5, 0.6) is 5.75 Å². The third-order valence-electron chi connectivity index (χ3n) is 7.32. The van der Waals surface area contributed by atoms with E-state index in [0.717, 1.165) is 48.1 Å². The van der Waals surface area contributed by atoms with E-state index in [9.17, 15) is 9.59 Å². The molecule has 1 aliphatic carbocycles. The number of hydrogen-bond acceptors (Lipinski definition) is 4. The minimum absolute atomic E-state index is 0.108. The van der Waals surface area contributed by atoms with Gasteiger partial charge >= 0.3 is 0 Å². The Hall–Kier alpha value is -3.54. The van der Waals surface area contributed by atoms with Gasteiger partial charge in [-0.1, -0.05) is 63.4 Å². The number of aryl methyl sites for hydroxylation is 3. The lowest BCUT2D eigenvalue weighted by molar-refractivity contribution is -0.123. The normalized spacial score (nSPS) is 14.8. The van der Waals surface area contributed by atoms with Crippen LogP contribution in [0.1, 0.15) is 91.1 Å². The number of carbonyl (C=O) groups excluding carboxylic acids is 2. The first kappa shape index (κ1) is 27.5. The lowest BCUT2D eigenvalue weighted by atomic mass is 9.93. The van der Waals surface area contributed by atoms with Crippen molar-refractivity contribution in [3.63, 3.8) is 0 Å². The van der Waals surface area contributed by atoms with Crippen molar-refractivity contribution >= 4 is 17.5 Å². The second kappa shape index (κ2) is 11.1. The van der Waals surface area contributed by atoms with Crippen molar-refractivity contribution in [2.45, 2.75) is 84.7 Å². The van der Waals surface area contributed by atoms with Crippen molar-refractivity contribution < 1.29 is 18.7 Å². The molecule has 1 unspecified atom stereocenters. The Kier molecular flexibility index (Phi) is 8.00. The SMILES string of the molecule is COc1ccc(C(C(=O)NC2CCCC2)N(C(=O)c2oc(C(C)(C)C)cc2C)c2ccc(C)cc2C)cc1. The van der Waals surface area contributed by atoms with Gasteiger partial charge in [-0.2, -0.15) is 0 Å². The van der Waals surface area contributed by atoms with Gasteiger partial charge in [-0.05, 0) is 69.0 Å². The van der Waals surface area contributed by atoms with Crippen LogP contribution in [0.2, 0.25) is 0 Å². The molecule has 1 saturated carbocycles. The molecular formula is C32H40N2O4. The summed E-state index contributed by atoms with van der Waals surface area (Å²) in [4.78, 5) is 30.1. The summed E-state index contributed by atoms with van der Waals surface area (Å²) in [5.41, 5.74) is 3.86. The Morgan fingerprint density at radius 1 is 0.974 bits per heavy atom. The Morgan fingerprint density at radius 3 is 2.18 bits per heavy atom. The van der Waals surface area contributed by atoms with Crippen molar-refractivity contribution in [2.75, 3.05) is 12.0 Å². The number of ether oxygens (including phenoxy) is 1. The molecule has 1 fully saturated rings. The van der Waals surface area contributed by atoms with E-state index in [1.54, 1.807) is 12.0 Å². The van der Waals surface area contributed by atoms with Crippen LogP contribution in [0.3, 0.4) is 0 Å². The van der Waals surface area contributed by atoms with E-state index in [-0.39, 0.29) is 29.0 Å². The molecule has 1 aromatic heterocycles. The van der Waals surface area contributed by atoms with Gasteiger partial charge in [0.1, 0.15) is 17.6 Å². The van der Waals surface area contributed by atoms with Gasteiger partial charge in [-0.3, -0.25) is 14.5 Å². The number of carbonyl (C=O) groups is 2. The zero-order chi connectivity index (χ0) is 27.6. The second-order valence-corrected chi connectivity index (χ2v) is 11.5. The third-order valence-corrected chi connectivity index (χ3v) is 7.32. The predicted octanol–water partition coefficient (Wildman–Crippen LogP) is 6.96. The van der Waals surface area contributed by atoms with Crippen LogP contribution < -0.4 is 15.0 Å². The van der Waals surface area contributed by atoms with Gasteiger partial charge in [0.25, 0.3) is 5.91 Å². The zero-order valence-corrected chi connectivity index (χ0v) is 23.7. The molecule has 202 valence electrons. The lowest BCUT2D eigenvalue weighted by Gasteiger charge is -2.33. The molecule has 4 rings (SSSR count). The Labute approximate surface area is 226 Å². The first-order valence-electron chi connectivity index (χ1n) is 13.5. The number of nitrogens with zero attached hydrogens (tertiary/aromatic N) is 1. The maximum atomic E-state index is 14.5. The molecule has 38 heavy (non-hydrogen) atoms. The summed E-state index contributed by atoms with van der Waals surface area (Å²) in [5, 5.41) is 3.24. The predicted molar refractivity (Wildman–Crippen MR) is 151 cm³/mol. The summed E-state index contributed by atoms with van der Waals surface area (Å²) in [7, 11) is 1.61. The minimum atomic E-state index is -0.891. The smallest absolute Gasteiger partial charge is 0.295 e. The van der Waals surface area contributed by atoms with Gasteiger partial charge in [-0.25, -0.2) is 0 Å². The molecule has 6 heteroatoms. The molecule has 2 amide bonds. The van der Waals surface area contributed by atoms with E-state index in [4.69, 9.17) is 9.15 Å². The first-order valence-corrected chi connectivity index (χ1v) is 13.5. The molecule has 0 bridgehead atoms. The fraction of sp³-hybridized carbons (Fsp3) is 0.438. The van der Waals surface area contributed by atoms with Crippen LogP contribution in [0.4, 0.5) is 5.69 Å². The van der Waals surface area contributed by atoms with E-state index in [1.165, 1.54) is 0 Å². The summed E-state index contributed by atoms with van der Waals surface area (Å²) in [6.45, 7) is 12.0. The molecule has 1 N–H and O–H groups in total. The zero-order valence-electron chi connectivity index (χ0n) is 23.7. The summed E-state index contributed by atoms with van der Waals surface area (Å²) < 4.78 is 11.6. The van der Waals surface area contributed by atoms with Gasteiger partial charge < -0.3 is 14.5 Å². The highest BCUT2D eigenvalue weighted by Gasteiger charge is 2.38. The van der Waals surface area contributed by atoms with Crippen molar-refractivity contribution in [1.82, 2.24) is 5.32 Å². The van der Waals surface area contributed by atoms with Crippen molar-refractivity contribution in [3.8, 4) is 5.75 Å². The third kappa shape index (κ3) is 5.79. The monoisotopic (exact) mass is 516 g/mol. The van der Waals surface area contributed by atoms with Gasteiger partial charge in [0.15, 0.2) is 5.76 Å². The van der Waals surface area contributed by atoms with Gasteiger partial charge in [-0.15, -0.1) is 0 Å². The number of hydrogen-bond donors (Lipinski definition) is 1. The average molecular weight is 517 g/mol. The maximum absolute atomic E-state index is 14.5. The summed E-state index contributed by atoms with van der Waals surface area (Å²) in [6.07, 6.45) is 4.09. The molecule has 0 aliphatic heterocycles. The van der Waals surface area contributed by atoms with Crippen LogP contribution in [0.15, 0.2) is 52.9 Å². The van der Waals surface area contributed by atoms with Crippen LogP contribution in [-0.2, 0) is 10.2 Å². The number of methoxy groups -OCH3 is 1. The van der Waals surface area contributed by atoms with Gasteiger partial charge in [0, 0.05) is 22.7 Å². The van der Waals surface area contributed by atoms with Gasteiger partial charge in [0.2, 0.25) is 5.91 Å². The topological polar surface area (TPSA) is 71.8 Å². The van der Waals surface area contributed by atoms with Crippen LogP contribution in [-0.4, -0.2) is 25.0 Å². The average Bonchev–Trinajstić information content (AvgIpc) is 3.52. The van der Waals surface area contributed by atoms with Crippen LogP contribution in [0.25, 0.3) is 0 Å². The Bertz CT molecular complexity index is 1290. The lowest BCUT2D eigenvalue weighted by Crippen LogP contribution is -2.46. The van der Waals surface area contributed by atoms with Crippen LogP contribution in [0, 0.1) is 20.8 Å². The molecule has 3 aromatic rings. The van der Waals surface area contributed by atoms with Gasteiger partial charge in [0.05, 0.1) is 7.11 Å². The molecule has 1 heterocycles. The van der Waals surface area contributed by atoms with Crippen molar-refractivity contribution in [2.24, 2.45) is 0 Å². The van der Waals surface area contributed by atoms with Crippen molar-refractivity contribution in [3.05, 3.63) is 82.3 Å². The highest BCUT2D eigenvalue weighted by molar-refractivity contribution is 6.09. The molecule has 2 aromatic carbocycles. The molecule has 1 aliphatic rings. The summed E-state index contributed by atoms with van der Waals surface area (Å²) in [6, 6.07) is 14.4. The molecule has 0 saturated heterocycles. The molecule has 0 radical (unpaired) electrons. The molecule has 0 spiro atoms. The molecule has 6 nitrogen and oxygen atoms in total.